The minimum atomic E-state index is -1.54. The van der Waals surface area contributed by atoms with Gasteiger partial charge in [0.05, 0.1) is 13.0 Å². The van der Waals surface area contributed by atoms with Crippen molar-refractivity contribution in [2.75, 3.05) is 0 Å². The van der Waals surface area contributed by atoms with Gasteiger partial charge in [-0.2, -0.15) is 0 Å². The molecule has 1 nitrogen and oxygen atoms in total. The third kappa shape index (κ3) is 4.30. The van der Waals surface area contributed by atoms with Crippen molar-refractivity contribution in [1.82, 2.24) is 0 Å². The van der Waals surface area contributed by atoms with Crippen LogP contribution in [0.25, 0.3) is 0 Å². The number of rotatable bonds is 5. The van der Waals surface area contributed by atoms with Crippen LogP contribution in [0, 0.1) is 0 Å². The van der Waals surface area contributed by atoms with Gasteiger partial charge in [-0.15, -0.1) is 9.24 Å². The molecule has 0 bridgehead atoms. The average Bonchev–Trinajstić information content (AvgIpc) is 1.98. The van der Waals surface area contributed by atoms with Crippen molar-refractivity contribution >= 4 is 25.6 Å². The van der Waals surface area contributed by atoms with Gasteiger partial charge in [-0.3, -0.25) is 0 Å². The molecule has 92 valence electrons. The average molecular weight is 264 g/mol. The summed E-state index contributed by atoms with van der Waals surface area (Å²) in [5, 5.41) is 0. The van der Waals surface area contributed by atoms with Crippen LogP contribution in [0.3, 0.4) is 0 Å². The highest BCUT2D eigenvalue weighted by Crippen LogP contribution is 2.38. The maximum Gasteiger partial charge on any atom is 0.190 e. The van der Waals surface area contributed by atoms with Crippen LogP contribution in [0.15, 0.2) is 0 Å². The summed E-state index contributed by atoms with van der Waals surface area (Å²) in [6.45, 7) is 18.7. The lowest BCUT2D eigenvalue weighted by molar-refractivity contribution is 0.238. The van der Waals surface area contributed by atoms with Crippen molar-refractivity contribution in [1.29, 1.82) is 0 Å². The molecular weight excluding hydrogens is 235 g/mol. The smallest absolute Gasteiger partial charge is 0.190 e. The molecule has 0 N–H and O–H groups in total. The topological polar surface area (TPSA) is 9.23 Å². The second-order valence-electron chi connectivity index (χ2n) is 6.37. The molecule has 15 heavy (non-hydrogen) atoms. The highest BCUT2D eigenvalue weighted by molar-refractivity contribution is 7.26. The monoisotopic (exact) mass is 264 g/mol. The van der Waals surface area contributed by atoms with E-state index in [0.29, 0.717) is 0 Å². The predicted molar refractivity (Wildman–Crippen MR) is 79.7 cm³/mol. The van der Waals surface area contributed by atoms with Gasteiger partial charge in [0.2, 0.25) is 0 Å². The summed E-state index contributed by atoms with van der Waals surface area (Å²) in [5.41, 5.74) is 0.730. The fourth-order valence-electron chi connectivity index (χ4n) is 1.29. The van der Waals surface area contributed by atoms with Gasteiger partial charge >= 0.3 is 0 Å². The predicted octanol–water partition coefficient (Wildman–Crippen LogP) is 4.48. The van der Waals surface area contributed by atoms with Crippen molar-refractivity contribution in [2.24, 2.45) is 0 Å². The third-order valence-corrected chi connectivity index (χ3v) is 13.7. The minimum Gasteiger partial charge on any atom is -0.412 e. The quantitative estimate of drug-likeness (QED) is 0.525. The molecule has 4 heteroatoms. The van der Waals surface area contributed by atoms with Gasteiger partial charge in [0.15, 0.2) is 8.32 Å². The fourth-order valence-corrected chi connectivity index (χ4v) is 6.49. The van der Waals surface area contributed by atoms with E-state index in [1.807, 2.05) is 0 Å². The summed E-state index contributed by atoms with van der Waals surface area (Å²) >= 11 is 0. The third-order valence-electron chi connectivity index (χ3n) is 3.76. The highest BCUT2D eigenvalue weighted by Gasteiger charge is 2.42. The lowest BCUT2D eigenvalue weighted by Crippen LogP contribution is -2.54. The Kier molecular flexibility index (Phi) is 5.27. The second-order valence-corrected chi connectivity index (χ2v) is 17.9. The van der Waals surface area contributed by atoms with E-state index in [1.54, 1.807) is 0 Å². The molecule has 0 radical (unpaired) electrons. The Morgan fingerprint density at radius 2 is 1.60 bits per heavy atom. The molecule has 2 unspecified atom stereocenters. The van der Waals surface area contributed by atoms with Crippen molar-refractivity contribution in [3.63, 3.8) is 0 Å². The van der Waals surface area contributed by atoms with Crippen LogP contribution in [-0.2, 0) is 4.43 Å². The van der Waals surface area contributed by atoms with Crippen LogP contribution in [0.2, 0.25) is 38.3 Å². The summed E-state index contributed by atoms with van der Waals surface area (Å²) in [5.74, 6) is 0. The molecule has 0 fully saturated rings. The largest absolute Gasteiger partial charge is 0.412 e. The summed E-state index contributed by atoms with van der Waals surface area (Å²) in [4.78, 5) is 0.0200. The zero-order valence-corrected chi connectivity index (χ0v) is 14.9. The van der Waals surface area contributed by atoms with Gasteiger partial charge in [-0.25, -0.2) is 0 Å². The van der Waals surface area contributed by atoms with E-state index >= 15 is 0 Å². The molecule has 3 atom stereocenters. The molecular formula is C11H29OPSi2. The minimum absolute atomic E-state index is 0.0200. The van der Waals surface area contributed by atoms with Crippen LogP contribution < -0.4 is 0 Å². The summed E-state index contributed by atoms with van der Waals surface area (Å²) in [6.07, 6.45) is 1.23. The van der Waals surface area contributed by atoms with Crippen LogP contribution in [-0.4, -0.2) is 21.4 Å². The summed E-state index contributed by atoms with van der Waals surface area (Å²) in [6, 6.07) is 0. The van der Waals surface area contributed by atoms with Crippen LogP contribution in [0.5, 0.6) is 0 Å². The van der Waals surface area contributed by atoms with E-state index in [2.05, 4.69) is 62.7 Å². The Morgan fingerprint density at radius 3 is 1.87 bits per heavy atom. The van der Waals surface area contributed by atoms with Crippen molar-refractivity contribution in [3.05, 3.63) is 0 Å². The maximum absolute atomic E-state index is 6.51. The van der Waals surface area contributed by atoms with E-state index < -0.39 is 16.4 Å². The first-order valence-corrected chi connectivity index (χ1v) is 13.0. The zero-order chi connectivity index (χ0) is 12.5. The molecule has 0 aromatic carbocycles. The first-order valence-electron chi connectivity index (χ1n) is 5.93. The Balaban J connectivity index is 4.72. The number of hydrogen-bond donors (Lipinski definition) is 0. The van der Waals surface area contributed by atoms with Crippen LogP contribution in [0.4, 0.5) is 0 Å². The molecule has 0 aliphatic carbocycles. The molecule has 0 saturated heterocycles. The lowest BCUT2D eigenvalue weighted by atomic mass is 10.4. The zero-order valence-electron chi connectivity index (χ0n) is 11.8. The highest BCUT2D eigenvalue weighted by atomic mass is 31.0. The maximum atomic E-state index is 6.51. The Labute approximate surface area is 101 Å². The molecule has 0 aliphatic rings. The molecule has 0 aromatic heterocycles. The number of hydrogen-bond acceptors (Lipinski definition) is 1. The molecule has 0 heterocycles. The van der Waals surface area contributed by atoms with Crippen LogP contribution >= 0.6 is 9.24 Å². The lowest BCUT2D eigenvalue weighted by Gasteiger charge is -2.44. The van der Waals surface area contributed by atoms with E-state index in [0.717, 1.165) is 5.54 Å². The van der Waals surface area contributed by atoms with E-state index in [-0.39, 0.29) is 4.97 Å². The molecule has 0 amide bonds. The van der Waals surface area contributed by atoms with Gasteiger partial charge in [0, 0.05) is 0 Å². The van der Waals surface area contributed by atoms with E-state index in [1.165, 1.54) is 6.42 Å². The standard InChI is InChI=1S/C11H29OPSi2/c1-9-10(2)15(7,8)12-11(3,13)14(4,5)6/h10H,9,13H2,1-8H3/t10?,11-/m0/s1. The molecule has 0 aliphatic heterocycles. The molecule has 0 aromatic rings. The fraction of sp³-hybridized carbons (Fsp3) is 1.00. The SMILES string of the molecule is CCC(C)[Si](C)(C)O[C@@](C)(P)[Si](C)(C)C. The van der Waals surface area contributed by atoms with Crippen molar-refractivity contribution < 1.29 is 4.43 Å². The Bertz CT molecular complexity index is 209. The van der Waals surface area contributed by atoms with Gasteiger partial charge in [0.1, 0.15) is 0 Å². The molecule has 0 saturated carbocycles. The van der Waals surface area contributed by atoms with Gasteiger partial charge < -0.3 is 4.43 Å². The Morgan fingerprint density at radius 1 is 1.20 bits per heavy atom. The van der Waals surface area contributed by atoms with Gasteiger partial charge in [0.25, 0.3) is 0 Å². The molecule has 0 spiro atoms. The van der Waals surface area contributed by atoms with Crippen molar-refractivity contribution in [2.45, 2.75) is 70.4 Å². The first kappa shape index (κ1) is 15.8. The first-order chi connectivity index (χ1) is 6.44. The van der Waals surface area contributed by atoms with Gasteiger partial charge in [-0.1, -0.05) is 39.9 Å². The summed E-state index contributed by atoms with van der Waals surface area (Å²) in [7, 11) is 0.149. The Hall–Kier alpha value is 0.824. The van der Waals surface area contributed by atoms with Crippen LogP contribution in [0.1, 0.15) is 27.2 Å². The van der Waals surface area contributed by atoms with E-state index in [9.17, 15) is 0 Å². The van der Waals surface area contributed by atoms with Gasteiger partial charge in [-0.05, 0) is 25.6 Å². The summed E-state index contributed by atoms with van der Waals surface area (Å²) < 4.78 is 6.51. The second kappa shape index (κ2) is 4.99. The molecule has 0 rings (SSSR count). The van der Waals surface area contributed by atoms with Crippen molar-refractivity contribution in [3.8, 4) is 0 Å². The van der Waals surface area contributed by atoms with E-state index in [4.69, 9.17) is 4.43 Å². The normalized spacial score (nSPS) is 19.8.